The van der Waals surface area contributed by atoms with Gasteiger partial charge >= 0.3 is 0 Å². The molecule has 21 heavy (non-hydrogen) atoms. The summed E-state index contributed by atoms with van der Waals surface area (Å²) >= 11 is 0. The third-order valence-electron chi connectivity index (χ3n) is 4.24. The topological polar surface area (TPSA) is 72.9 Å². The van der Waals surface area contributed by atoms with Gasteiger partial charge in [-0.1, -0.05) is 33.1 Å². The molecule has 0 bridgehead atoms. The molecule has 0 unspecified atom stereocenters. The Morgan fingerprint density at radius 2 is 2.10 bits per heavy atom. The van der Waals surface area contributed by atoms with E-state index >= 15 is 0 Å². The Morgan fingerprint density at radius 3 is 2.71 bits per heavy atom. The van der Waals surface area contributed by atoms with E-state index in [1.807, 2.05) is 13.1 Å². The lowest BCUT2D eigenvalue weighted by molar-refractivity contribution is -0.117. The summed E-state index contributed by atoms with van der Waals surface area (Å²) in [5.41, 5.74) is 7.03. The lowest BCUT2D eigenvalue weighted by atomic mass is 9.87. The summed E-state index contributed by atoms with van der Waals surface area (Å²) in [6.07, 6.45) is 7.00. The number of anilines is 1. The first-order valence-corrected chi connectivity index (χ1v) is 8.07. The molecule has 0 spiro atoms. The van der Waals surface area contributed by atoms with Gasteiger partial charge in [0.2, 0.25) is 5.91 Å². The van der Waals surface area contributed by atoms with E-state index in [-0.39, 0.29) is 5.91 Å². The fourth-order valence-electron chi connectivity index (χ4n) is 3.04. The maximum Gasteiger partial charge on any atom is 0.242 e. The van der Waals surface area contributed by atoms with Crippen molar-refractivity contribution in [2.75, 3.05) is 5.32 Å². The maximum absolute atomic E-state index is 12.1. The number of amides is 1. The van der Waals surface area contributed by atoms with Gasteiger partial charge in [0.05, 0.1) is 11.7 Å². The zero-order valence-electron chi connectivity index (χ0n) is 13.4. The van der Waals surface area contributed by atoms with Crippen molar-refractivity contribution in [2.45, 2.75) is 64.3 Å². The van der Waals surface area contributed by atoms with E-state index < -0.39 is 6.04 Å². The molecule has 1 aliphatic rings. The Kier molecular flexibility index (Phi) is 5.39. The SMILES string of the molecule is CC(C)C[C@H](N)C(=O)Nc1cc(C2CCCCC2)nn1C. The third kappa shape index (κ3) is 4.30. The molecular formula is C16H28N4O. The summed E-state index contributed by atoms with van der Waals surface area (Å²) in [6, 6.07) is 1.55. The van der Waals surface area contributed by atoms with Crippen molar-refractivity contribution in [3.8, 4) is 0 Å². The minimum atomic E-state index is -0.460. The zero-order valence-corrected chi connectivity index (χ0v) is 13.4. The predicted octanol–water partition coefficient (Wildman–Crippen LogP) is 2.78. The summed E-state index contributed by atoms with van der Waals surface area (Å²) in [6.45, 7) is 4.14. The molecule has 1 aromatic rings. The molecule has 0 radical (unpaired) electrons. The monoisotopic (exact) mass is 292 g/mol. The van der Waals surface area contributed by atoms with Crippen molar-refractivity contribution < 1.29 is 4.79 Å². The van der Waals surface area contributed by atoms with Crippen LogP contribution in [0.2, 0.25) is 0 Å². The van der Waals surface area contributed by atoms with Crippen LogP contribution in [0.4, 0.5) is 5.82 Å². The summed E-state index contributed by atoms with van der Waals surface area (Å²) in [4.78, 5) is 12.1. The first kappa shape index (κ1) is 16.0. The second-order valence-corrected chi connectivity index (χ2v) is 6.64. The molecule has 2 rings (SSSR count). The van der Waals surface area contributed by atoms with Crippen molar-refractivity contribution >= 4 is 11.7 Å². The Morgan fingerprint density at radius 1 is 1.43 bits per heavy atom. The van der Waals surface area contributed by atoms with E-state index in [1.165, 1.54) is 32.1 Å². The van der Waals surface area contributed by atoms with Crippen LogP contribution in [0.15, 0.2) is 6.07 Å². The maximum atomic E-state index is 12.1. The van der Waals surface area contributed by atoms with E-state index in [2.05, 4.69) is 24.3 Å². The van der Waals surface area contributed by atoms with Crippen LogP contribution in [-0.2, 0) is 11.8 Å². The normalized spacial score (nSPS) is 18.0. The Balaban J connectivity index is 2.00. The minimum Gasteiger partial charge on any atom is -0.320 e. The van der Waals surface area contributed by atoms with Crippen molar-refractivity contribution in [1.82, 2.24) is 9.78 Å². The molecule has 0 saturated heterocycles. The Hall–Kier alpha value is -1.36. The number of hydrogen-bond acceptors (Lipinski definition) is 3. The second kappa shape index (κ2) is 7.07. The van der Waals surface area contributed by atoms with Gasteiger partial charge in [-0.3, -0.25) is 9.48 Å². The van der Waals surface area contributed by atoms with Gasteiger partial charge in [0.1, 0.15) is 5.82 Å². The number of aryl methyl sites for hydroxylation is 1. The number of carbonyl (C=O) groups excluding carboxylic acids is 1. The van der Waals surface area contributed by atoms with Crippen molar-refractivity contribution in [2.24, 2.45) is 18.7 Å². The standard InChI is InChI=1S/C16H28N4O/c1-11(2)9-13(17)16(21)18-15-10-14(19-20(15)3)12-7-5-4-6-8-12/h10-13H,4-9,17H2,1-3H3,(H,18,21)/t13-/m0/s1. The molecule has 0 aliphatic heterocycles. The highest BCUT2D eigenvalue weighted by Crippen LogP contribution is 2.32. The number of nitrogens with two attached hydrogens (primary N) is 1. The second-order valence-electron chi connectivity index (χ2n) is 6.64. The number of aromatic nitrogens is 2. The van der Waals surface area contributed by atoms with Crippen LogP contribution in [0.5, 0.6) is 0 Å². The van der Waals surface area contributed by atoms with E-state index in [0.717, 1.165) is 11.5 Å². The minimum absolute atomic E-state index is 0.123. The van der Waals surface area contributed by atoms with E-state index in [0.29, 0.717) is 18.3 Å². The molecule has 5 heteroatoms. The largest absolute Gasteiger partial charge is 0.320 e. The van der Waals surface area contributed by atoms with Crippen molar-refractivity contribution in [1.29, 1.82) is 0 Å². The Bertz CT molecular complexity index is 475. The molecule has 1 aromatic heterocycles. The predicted molar refractivity (Wildman–Crippen MR) is 85.1 cm³/mol. The van der Waals surface area contributed by atoms with Crippen molar-refractivity contribution in [3.05, 3.63) is 11.8 Å². The molecule has 1 saturated carbocycles. The number of nitrogens with zero attached hydrogens (tertiary/aromatic N) is 2. The highest BCUT2D eigenvalue weighted by Gasteiger charge is 2.21. The molecular weight excluding hydrogens is 264 g/mol. The van der Waals surface area contributed by atoms with Gasteiger partial charge in [0.25, 0.3) is 0 Å². The molecule has 1 fully saturated rings. The van der Waals surface area contributed by atoms with Crippen LogP contribution in [0, 0.1) is 5.92 Å². The first-order chi connectivity index (χ1) is 9.97. The van der Waals surface area contributed by atoms with Gasteiger partial charge in [-0.15, -0.1) is 0 Å². The van der Waals surface area contributed by atoms with E-state index in [9.17, 15) is 4.79 Å². The fraction of sp³-hybridized carbons (Fsp3) is 0.750. The zero-order chi connectivity index (χ0) is 15.4. The number of carbonyl (C=O) groups is 1. The molecule has 5 nitrogen and oxygen atoms in total. The van der Waals surface area contributed by atoms with Crippen LogP contribution >= 0.6 is 0 Å². The third-order valence-corrected chi connectivity index (χ3v) is 4.24. The van der Waals surface area contributed by atoms with Crippen molar-refractivity contribution in [3.63, 3.8) is 0 Å². The molecule has 118 valence electrons. The highest BCUT2D eigenvalue weighted by molar-refractivity contribution is 5.94. The molecule has 3 N–H and O–H groups in total. The van der Waals surface area contributed by atoms with Crippen LogP contribution in [0.25, 0.3) is 0 Å². The van der Waals surface area contributed by atoms with E-state index in [1.54, 1.807) is 4.68 Å². The average Bonchev–Trinajstić information content (AvgIpc) is 2.80. The molecule has 1 heterocycles. The Labute approximate surface area is 127 Å². The summed E-state index contributed by atoms with van der Waals surface area (Å²) in [5, 5.41) is 7.48. The van der Waals surface area contributed by atoms with Crippen LogP contribution < -0.4 is 11.1 Å². The number of rotatable bonds is 5. The lowest BCUT2D eigenvalue weighted by Gasteiger charge is -2.19. The molecule has 0 aromatic carbocycles. The van der Waals surface area contributed by atoms with Gasteiger partial charge in [-0.25, -0.2) is 0 Å². The molecule has 1 aliphatic carbocycles. The summed E-state index contributed by atoms with van der Waals surface area (Å²) in [5.74, 6) is 1.58. The van der Waals surface area contributed by atoms with Crippen LogP contribution in [0.1, 0.15) is 64.0 Å². The molecule has 1 atom stereocenters. The van der Waals surface area contributed by atoms with Crippen LogP contribution in [0.3, 0.4) is 0 Å². The summed E-state index contributed by atoms with van der Waals surface area (Å²) < 4.78 is 1.75. The number of hydrogen-bond donors (Lipinski definition) is 2. The average molecular weight is 292 g/mol. The molecule has 1 amide bonds. The van der Waals surface area contributed by atoms with Gasteiger partial charge < -0.3 is 11.1 Å². The van der Waals surface area contributed by atoms with Gasteiger partial charge in [-0.2, -0.15) is 5.10 Å². The quantitative estimate of drug-likeness (QED) is 0.876. The van der Waals surface area contributed by atoms with Gasteiger partial charge in [0, 0.05) is 19.0 Å². The lowest BCUT2D eigenvalue weighted by Crippen LogP contribution is -2.37. The smallest absolute Gasteiger partial charge is 0.242 e. The van der Waals surface area contributed by atoms with E-state index in [4.69, 9.17) is 5.73 Å². The van der Waals surface area contributed by atoms with Crippen LogP contribution in [-0.4, -0.2) is 21.7 Å². The van der Waals surface area contributed by atoms with Gasteiger partial charge in [-0.05, 0) is 25.2 Å². The number of nitrogens with one attached hydrogen (secondary N) is 1. The highest BCUT2D eigenvalue weighted by atomic mass is 16.2. The summed E-state index contributed by atoms with van der Waals surface area (Å²) in [7, 11) is 1.87. The first-order valence-electron chi connectivity index (χ1n) is 8.07. The fourth-order valence-corrected chi connectivity index (χ4v) is 3.04. The van der Waals surface area contributed by atoms with Gasteiger partial charge in [0.15, 0.2) is 0 Å².